The molecule has 156 valence electrons. The van der Waals surface area contributed by atoms with Crippen molar-refractivity contribution in [3.63, 3.8) is 0 Å². The molecule has 0 aromatic carbocycles. The Morgan fingerprint density at radius 2 is 1.73 bits per heavy atom. The van der Waals surface area contributed by atoms with Crippen LogP contribution in [0.1, 0.15) is 63.0 Å². The monoisotopic (exact) mass is 404 g/mol. The fraction of sp³-hybridized carbons (Fsp3) is 0.435. The molecule has 1 atom stereocenters. The minimum absolute atomic E-state index is 0.167. The van der Waals surface area contributed by atoms with Crippen LogP contribution in [0.3, 0.4) is 0 Å². The molecule has 0 bridgehead atoms. The van der Waals surface area contributed by atoms with Gasteiger partial charge >= 0.3 is 0 Å². The van der Waals surface area contributed by atoms with E-state index in [4.69, 9.17) is 0 Å². The van der Waals surface area contributed by atoms with Crippen LogP contribution in [-0.2, 0) is 4.79 Å². The van der Waals surface area contributed by atoms with Crippen LogP contribution in [0, 0.1) is 0 Å². The second kappa shape index (κ2) is 8.73. The second-order valence-corrected chi connectivity index (χ2v) is 8.22. The molecule has 0 unspecified atom stereocenters. The van der Waals surface area contributed by atoms with Crippen LogP contribution in [0.25, 0.3) is 11.1 Å². The summed E-state index contributed by atoms with van der Waals surface area (Å²) in [5, 5.41) is 0. The van der Waals surface area contributed by atoms with Crippen molar-refractivity contribution in [3.05, 3.63) is 61.0 Å². The van der Waals surface area contributed by atoms with Gasteiger partial charge in [0.25, 0.3) is 0 Å². The zero-order valence-electron chi connectivity index (χ0n) is 17.8. The van der Waals surface area contributed by atoms with E-state index >= 15 is 0 Å². The molecule has 7 heteroatoms. The van der Waals surface area contributed by atoms with E-state index in [2.05, 4.69) is 45.9 Å². The van der Waals surface area contributed by atoms with Crippen LogP contribution in [0.15, 0.2) is 49.4 Å². The van der Waals surface area contributed by atoms with Crippen LogP contribution in [0.4, 0.5) is 0 Å². The molecule has 1 aliphatic heterocycles. The number of amides is 1. The number of aromatic nitrogens is 5. The van der Waals surface area contributed by atoms with E-state index in [0.717, 1.165) is 48.6 Å². The van der Waals surface area contributed by atoms with Crippen LogP contribution in [-0.4, -0.2) is 48.4 Å². The highest BCUT2D eigenvalue weighted by atomic mass is 16.2. The molecule has 1 aliphatic rings. The molecular formula is C23H28N6O. The summed E-state index contributed by atoms with van der Waals surface area (Å²) in [6.45, 7) is 7.69. The van der Waals surface area contributed by atoms with Crippen molar-refractivity contribution in [1.82, 2.24) is 29.4 Å². The first-order valence-electron chi connectivity index (χ1n) is 10.6. The Labute approximate surface area is 177 Å². The lowest BCUT2D eigenvalue weighted by Gasteiger charge is -2.34. The van der Waals surface area contributed by atoms with Crippen molar-refractivity contribution >= 4 is 5.91 Å². The van der Waals surface area contributed by atoms with E-state index in [1.165, 1.54) is 6.33 Å². The van der Waals surface area contributed by atoms with Gasteiger partial charge in [0, 0.05) is 72.7 Å². The lowest BCUT2D eigenvalue weighted by Crippen LogP contribution is -2.41. The fourth-order valence-electron chi connectivity index (χ4n) is 4.14. The minimum Gasteiger partial charge on any atom is -0.341 e. The van der Waals surface area contributed by atoms with Crippen LogP contribution >= 0.6 is 0 Å². The Morgan fingerprint density at radius 3 is 2.37 bits per heavy atom. The predicted octanol–water partition coefficient (Wildman–Crippen LogP) is 3.83. The van der Waals surface area contributed by atoms with Gasteiger partial charge in [0.15, 0.2) is 0 Å². The van der Waals surface area contributed by atoms with Crippen LogP contribution in [0.2, 0.25) is 0 Å². The first-order chi connectivity index (χ1) is 14.5. The van der Waals surface area contributed by atoms with E-state index in [-0.39, 0.29) is 17.9 Å². The molecule has 1 saturated heterocycles. The third kappa shape index (κ3) is 4.10. The topological polar surface area (TPSA) is 76.8 Å². The van der Waals surface area contributed by atoms with E-state index in [1.54, 1.807) is 18.6 Å². The molecule has 1 fully saturated rings. The number of nitrogens with zero attached hydrogens (tertiary/aromatic N) is 6. The predicted molar refractivity (Wildman–Crippen MR) is 115 cm³/mol. The van der Waals surface area contributed by atoms with Gasteiger partial charge in [-0.1, -0.05) is 19.9 Å². The number of rotatable bonds is 5. The van der Waals surface area contributed by atoms with Gasteiger partial charge in [-0.15, -0.1) is 0 Å². The van der Waals surface area contributed by atoms with Crippen molar-refractivity contribution in [3.8, 4) is 11.1 Å². The van der Waals surface area contributed by atoms with Crippen molar-refractivity contribution in [2.24, 2.45) is 0 Å². The van der Waals surface area contributed by atoms with Gasteiger partial charge in [0.1, 0.15) is 18.2 Å². The van der Waals surface area contributed by atoms with Crippen molar-refractivity contribution < 1.29 is 4.79 Å². The third-order valence-corrected chi connectivity index (χ3v) is 5.89. The number of hydrogen-bond donors (Lipinski definition) is 0. The number of carbonyl (C=O) groups excluding carboxylic acids is 1. The zero-order valence-corrected chi connectivity index (χ0v) is 17.8. The third-order valence-electron chi connectivity index (χ3n) is 5.89. The van der Waals surface area contributed by atoms with Gasteiger partial charge in [0.2, 0.25) is 5.91 Å². The van der Waals surface area contributed by atoms with Gasteiger partial charge in [-0.05, 0) is 25.8 Å². The molecule has 0 saturated carbocycles. The first kappa shape index (κ1) is 20.2. The standard InChI is InChI=1S/C23H28N6O/c1-16(2)22-26-8-11-29(22)17(3)23(30)28-9-6-18(7-10-28)21-5-4-19(14-27-21)20-12-24-15-25-13-20/h4-5,8,11-18H,6-7,9-10H2,1-3H3/t17-/m0/s1. The van der Waals surface area contributed by atoms with E-state index in [9.17, 15) is 4.79 Å². The molecule has 4 rings (SSSR count). The number of pyridine rings is 1. The summed E-state index contributed by atoms with van der Waals surface area (Å²) in [6.07, 6.45) is 12.5. The summed E-state index contributed by atoms with van der Waals surface area (Å²) in [5.41, 5.74) is 3.07. The van der Waals surface area contributed by atoms with E-state index in [1.807, 2.05) is 28.8 Å². The maximum atomic E-state index is 13.1. The summed E-state index contributed by atoms with van der Waals surface area (Å²) in [7, 11) is 0. The SMILES string of the molecule is CC(C)c1nccn1[C@@H](C)C(=O)N1CCC(c2ccc(-c3cncnc3)cn2)CC1. The number of hydrogen-bond acceptors (Lipinski definition) is 5. The lowest BCUT2D eigenvalue weighted by atomic mass is 9.92. The van der Waals surface area contributed by atoms with Gasteiger partial charge < -0.3 is 9.47 Å². The molecular weight excluding hydrogens is 376 g/mol. The summed E-state index contributed by atoms with van der Waals surface area (Å²) in [5.74, 6) is 1.79. The zero-order chi connectivity index (χ0) is 21.1. The Balaban J connectivity index is 1.37. The Morgan fingerprint density at radius 1 is 1.00 bits per heavy atom. The summed E-state index contributed by atoms with van der Waals surface area (Å²) >= 11 is 0. The number of imidazole rings is 1. The highest BCUT2D eigenvalue weighted by molar-refractivity contribution is 5.80. The van der Waals surface area contributed by atoms with Crippen molar-refractivity contribution in [2.45, 2.75) is 51.5 Å². The van der Waals surface area contributed by atoms with Gasteiger partial charge in [0.05, 0.1) is 0 Å². The van der Waals surface area contributed by atoms with E-state index in [0.29, 0.717) is 5.92 Å². The van der Waals surface area contributed by atoms with Crippen LogP contribution in [0.5, 0.6) is 0 Å². The molecule has 0 radical (unpaired) electrons. The molecule has 0 N–H and O–H groups in total. The van der Waals surface area contributed by atoms with Gasteiger partial charge in [-0.25, -0.2) is 15.0 Å². The summed E-state index contributed by atoms with van der Waals surface area (Å²) in [4.78, 5) is 32.3. The molecule has 3 aromatic heterocycles. The summed E-state index contributed by atoms with van der Waals surface area (Å²) < 4.78 is 2.01. The number of piperidine rings is 1. The average Bonchev–Trinajstić information content (AvgIpc) is 3.29. The maximum absolute atomic E-state index is 13.1. The Hall–Kier alpha value is -3.09. The normalized spacial score (nSPS) is 16.1. The molecule has 3 aromatic rings. The number of likely N-dealkylation sites (tertiary alicyclic amines) is 1. The molecule has 0 spiro atoms. The van der Waals surface area contributed by atoms with Gasteiger partial charge in [-0.2, -0.15) is 0 Å². The Kier molecular flexibility index (Phi) is 5.88. The number of carbonyl (C=O) groups is 1. The lowest BCUT2D eigenvalue weighted by molar-refractivity contribution is -0.135. The van der Waals surface area contributed by atoms with E-state index < -0.39 is 0 Å². The first-order valence-corrected chi connectivity index (χ1v) is 10.6. The molecule has 0 aliphatic carbocycles. The summed E-state index contributed by atoms with van der Waals surface area (Å²) in [6, 6.07) is 3.94. The van der Waals surface area contributed by atoms with Crippen molar-refractivity contribution in [1.29, 1.82) is 0 Å². The highest BCUT2D eigenvalue weighted by Crippen LogP contribution is 2.29. The second-order valence-electron chi connectivity index (χ2n) is 8.22. The minimum atomic E-state index is -0.230. The van der Waals surface area contributed by atoms with Crippen LogP contribution < -0.4 is 0 Å². The Bertz CT molecular complexity index is 974. The molecule has 4 heterocycles. The molecule has 30 heavy (non-hydrogen) atoms. The molecule has 7 nitrogen and oxygen atoms in total. The quantitative estimate of drug-likeness (QED) is 0.646. The fourth-order valence-corrected chi connectivity index (χ4v) is 4.14. The largest absolute Gasteiger partial charge is 0.341 e. The highest BCUT2D eigenvalue weighted by Gasteiger charge is 2.29. The smallest absolute Gasteiger partial charge is 0.245 e. The average molecular weight is 405 g/mol. The van der Waals surface area contributed by atoms with Gasteiger partial charge in [-0.3, -0.25) is 9.78 Å². The van der Waals surface area contributed by atoms with Crippen molar-refractivity contribution in [2.75, 3.05) is 13.1 Å². The molecule has 1 amide bonds. The maximum Gasteiger partial charge on any atom is 0.245 e.